The Kier molecular flexibility index (Phi) is 2.35. The number of hydrogen-bond acceptors (Lipinski definition) is 3. The largest absolute Gasteiger partial charge is 0.497 e. The van der Waals surface area contributed by atoms with Crippen LogP contribution in [0.1, 0.15) is 43.1 Å². The van der Waals surface area contributed by atoms with Gasteiger partial charge in [0.05, 0.1) is 18.7 Å². The standard InChI is InChI=1S/C17H18FN3O2/c1-23-12-4-2-11(3-5-12)13-6-7-14-19-21(15(22)20(13)14)17-8-16(18,9-17)10-17/h2-5,13H,6-10H2,1H3/t13-,16?,17?/m0/s1. The maximum atomic E-state index is 13.8. The van der Waals surface area contributed by atoms with Gasteiger partial charge in [-0.3, -0.25) is 4.57 Å². The van der Waals surface area contributed by atoms with E-state index in [0.717, 1.165) is 30.0 Å². The first-order valence-electron chi connectivity index (χ1n) is 8.07. The van der Waals surface area contributed by atoms with Gasteiger partial charge in [-0.2, -0.15) is 5.10 Å². The lowest BCUT2D eigenvalue weighted by Gasteiger charge is -2.64. The van der Waals surface area contributed by atoms with Crippen LogP contribution in [0.4, 0.5) is 4.39 Å². The van der Waals surface area contributed by atoms with Crippen LogP contribution in [0.2, 0.25) is 0 Å². The molecule has 3 fully saturated rings. The second-order valence-electron chi connectivity index (χ2n) is 7.21. The number of benzene rings is 1. The number of ether oxygens (including phenoxy) is 1. The van der Waals surface area contributed by atoms with Crippen LogP contribution in [0.25, 0.3) is 0 Å². The van der Waals surface area contributed by atoms with Gasteiger partial charge in [0.2, 0.25) is 0 Å². The van der Waals surface area contributed by atoms with Crippen LogP contribution in [-0.4, -0.2) is 27.1 Å². The van der Waals surface area contributed by atoms with Gasteiger partial charge in [0, 0.05) is 25.7 Å². The topological polar surface area (TPSA) is 49.1 Å². The maximum absolute atomic E-state index is 13.8. The smallest absolute Gasteiger partial charge is 0.347 e. The van der Waals surface area contributed by atoms with Crippen molar-refractivity contribution in [2.45, 2.75) is 49.4 Å². The van der Waals surface area contributed by atoms with Crippen LogP contribution in [-0.2, 0) is 12.0 Å². The Hall–Kier alpha value is -2.11. The van der Waals surface area contributed by atoms with Gasteiger partial charge in [0.1, 0.15) is 17.2 Å². The van der Waals surface area contributed by atoms with Crippen molar-refractivity contribution >= 4 is 0 Å². The predicted molar refractivity (Wildman–Crippen MR) is 81.6 cm³/mol. The second kappa shape index (κ2) is 4.04. The van der Waals surface area contributed by atoms with Gasteiger partial charge >= 0.3 is 5.69 Å². The van der Waals surface area contributed by atoms with Crippen molar-refractivity contribution in [1.82, 2.24) is 14.3 Å². The highest BCUT2D eigenvalue weighted by molar-refractivity contribution is 5.31. The van der Waals surface area contributed by atoms with E-state index in [0.29, 0.717) is 19.3 Å². The monoisotopic (exact) mass is 315 g/mol. The summed E-state index contributed by atoms with van der Waals surface area (Å²) in [5.74, 6) is 1.63. The molecular formula is C17H18FN3O2. The molecule has 0 spiro atoms. The zero-order valence-corrected chi connectivity index (χ0v) is 13.0. The highest BCUT2D eigenvalue weighted by atomic mass is 19.1. The quantitative estimate of drug-likeness (QED) is 0.872. The minimum Gasteiger partial charge on any atom is -0.497 e. The summed E-state index contributed by atoms with van der Waals surface area (Å²) in [6, 6.07) is 7.84. The van der Waals surface area contributed by atoms with Gasteiger partial charge in [-0.25, -0.2) is 13.9 Å². The van der Waals surface area contributed by atoms with Gasteiger partial charge < -0.3 is 4.74 Å². The number of alkyl halides is 1. The Balaban J connectivity index is 1.53. The molecule has 0 saturated heterocycles. The highest BCUT2D eigenvalue weighted by Gasteiger charge is 2.71. The number of aryl methyl sites for hydroxylation is 1. The first kappa shape index (κ1) is 13.3. The molecule has 23 heavy (non-hydrogen) atoms. The Morgan fingerprint density at radius 2 is 1.96 bits per heavy atom. The van der Waals surface area contributed by atoms with E-state index in [-0.39, 0.29) is 17.3 Å². The third-order valence-corrected chi connectivity index (χ3v) is 5.72. The molecule has 3 aliphatic carbocycles. The van der Waals surface area contributed by atoms with Crippen LogP contribution in [0, 0.1) is 0 Å². The zero-order valence-electron chi connectivity index (χ0n) is 13.0. The molecule has 2 bridgehead atoms. The lowest BCUT2D eigenvalue weighted by Crippen LogP contribution is -2.72. The fraction of sp³-hybridized carbons (Fsp3) is 0.529. The van der Waals surface area contributed by atoms with Crippen molar-refractivity contribution in [3.05, 3.63) is 46.1 Å². The first-order chi connectivity index (χ1) is 11.0. The third kappa shape index (κ3) is 1.61. The van der Waals surface area contributed by atoms with Crippen molar-refractivity contribution in [1.29, 1.82) is 0 Å². The summed E-state index contributed by atoms with van der Waals surface area (Å²) in [5, 5.41) is 4.54. The van der Waals surface area contributed by atoms with Gasteiger partial charge in [0.15, 0.2) is 0 Å². The molecule has 1 aliphatic heterocycles. The molecule has 2 aromatic rings. The molecule has 6 heteroatoms. The van der Waals surface area contributed by atoms with E-state index in [2.05, 4.69) is 5.10 Å². The maximum Gasteiger partial charge on any atom is 0.347 e. The second-order valence-corrected chi connectivity index (χ2v) is 7.21. The minimum atomic E-state index is -1.02. The van der Waals surface area contributed by atoms with Crippen LogP contribution in [0.5, 0.6) is 5.75 Å². The molecule has 1 atom stereocenters. The van der Waals surface area contributed by atoms with E-state index < -0.39 is 5.67 Å². The lowest BCUT2D eigenvalue weighted by molar-refractivity contribution is -0.205. The van der Waals surface area contributed by atoms with Gasteiger partial charge in [-0.1, -0.05) is 12.1 Å². The average Bonchev–Trinajstić information content (AvgIpc) is 3.04. The number of rotatable bonds is 3. The normalized spacial score (nSPS) is 33.7. The van der Waals surface area contributed by atoms with Crippen LogP contribution in [0.15, 0.2) is 29.1 Å². The third-order valence-electron chi connectivity index (χ3n) is 5.72. The molecule has 0 unspecified atom stereocenters. The van der Waals surface area contributed by atoms with Crippen molar-refractivity contribution in [3.8, 4) is 5.75 Å². The van der Waals surface area contributed by atoms with Crippen LogP contribution < -0.4 is 10.4 Å². The fourth-order valence-electron chi connectivity index (χ4n) is 4.59. The minimum absolute atomic E-state index is 0.0174. The van der Waals surface area contributed by atoms with Crippen molar-refractivity contribution in [2.75, 3.05) is 7.11 Å². The number of methoxy groups -OCH3 is 1. The van der Waals surface area contributed by atoms with Gasteiger partial charge in [-0.05, 0) is 24.1 Å². The van der Waals surface area contributed by atoms with E-state index in [1.54, 1.807) is 16.4 Å². The van der Waals surface area contributed by atoms with Crippen LogP contribution >= 0.6 is 0 Å². The molecule has 1 aromatic carbocycles. The van der Waals surface area contributed by atoms with Gasteiger partial charge in [0.25, 0.3) is 0 Å². The summed E-state index contributed by atoms with van der Waals surface area (Å²) in [5.41, 5.74) is -0.359. The lowest BCUT2D eigenvalue weighted by atomic mass is 9.47. The molecule has 0 amide bonds. The molecule has 0 radical (unpaired) electrons. The molecule has 0 N–H and O–H groups in total. The van der Waals surface area contributed by atoms with E-state index in [4.69, 9.17) is 4.74 Å². The first-order valence-corrected chi connectivity index (χ1v) is 8.07. The number of fused-ring (bicyclic) bond motifs is 1. The molecule has 6 rings (SSSR count). The van der Waals surface area contributed by atoms with Crippen molar-refractivity contribution < 1.29 is 9.13 Å². The Labute approximate surface area is 132 Å². The summed E-state index contributed by atoms with van der Waals surface area (Å²) in [6.45, 7) is 0. The molecule has 1 aromatic heterocycles. The SMILES string of the molecule is COc1ccc([C@@H]2CCc3nn(C45CC(F)(C4)C5)c(=O)n32)cc1. The number of nitrogens with zero attached hydrogens (tertiary/aromatic N) is 3. The molecule has 5 nitrogen and oxygen atoms in total. The number of hydrogen-bond donors (Lipinski definition) is 0. The fourth-order valence-corrected chi connectivity index (χ4v) is 4.59. The van der Waals surface area contributed by atoms with Crippen LogP contribution in [0.3, 0.4) is 0 Å². The Bertz CT molecular complexity index is 832. The summed E-state index contributed by atoms with van der Waals surface area (Å²) in [7, 11) is 1.64. The summed E-state index contributed by atoms with van der Waals surface area (Å²) < 4.78 is 22.3. The highest BCUT2D eigenvalue weighted by Crippen LogP contribution is 2.66. The number of aromatic nitrogens is 3. The van der Waals surface area contributed by atoms with Gasteiger partial charge in [-0.15, -0.1) is 0 Å². The van der Waals surface area contributed by atoms with E-state index in [9.17, 15) is 9.18 Å². The molecule has 2 heterocycles. The summed E-state index contributed by atoms with van der Waals surface area (Å²) >= 11 is 0. The molecule has 4 aliphatic rings. The molecule has 120 valence electrons. The Morgan fingerprint density at radius 1 is 1.26 bits per heavy atom. The van der Waals surface area contributed by atoms with Crippen molar-refractivity contribution in [2.24, 2.45) is 0 Å². The summed E-state index contributed by atoms with van der Waals surface area (Å²) in [6.07, 6.45) is 3.01. The average molecular weight is 315 g/mol. The van der Waals surface area contributed by atoms with E-state index in [1.807, 2.05) is 24.3 Å². The van der Waals surface area contributed by atoms with E-state index >= 15 is 0 Å². The molecular weight excluding hydrogens is 297 g/mol. The Morgan fingerprint density at radius 3 is 2.57 bits per heavy atom. The molecule has 3 saturated carbocycles. The van der Waals surface area contributed by atoms with E-state index in [1.165, 1.54) is 0 Å². The predicted octanol–water partition coefficient (Wildman–Crippen LogP) is 2.19. The zero-order chi connectivity index (χ0) is 15.8. The summed E-state index contributed by atoms with van der Waals surface area (Å²) in [4.78, 5) is 12.9. The number of halogens is 1. The van der Waals surface area contributed by atoms with Crippen molar-refractivity contribution in [3.63, 3.8) is 0 Å².